The van der Waals surface area contributed by atoms with Crippen molar-refractivity contribution in [2.24, 2.45) is 0 Å². The Kier molecular flexibility index (Phi) is 7.09. The molecule has 1 unspecified atom stereocenters. The fourth-order valence-corrected chi connectivity index (χ4v) is 5.62. The molecule has 1 saturated carbocycles. The van der Waals surface area contributed by atoms with Crippen molar-refractivity contribution in [1.82, 2.24) is 9.88 Å². The van der Waals surface area contributed by atoms with Gasteiger partial charge < -0.3 is 14.7 Å². The summed E-state index contributed by atoms with van der Waals surface area (Å²) in [5, 5.41) is 21.9. The maximum absolute atomic E-state index is 11.3. The van der Waals surface area contributed by atoms with E-state index in [0.717, 1.165) is 35.2 Å². The minimum Gasteiger partial charge on any atom is -0.492 e. The SMILES string of the molecule is CC1(C)C(O)N(c2ccc(C#N)c(C3CC3)c2)C(=S)N1CCCOc1ccc(-c2ccncc2)cc1Cl. The molecule has 0 radical (unpaired) electrons. The van der Waals surface area contributed by atoms with Crippen LogP contribution in [0.1, 0.15) is 50.2 Å². The van der Waals surface area contributed by atoms with E-state index < -0.39 is 11.8 Å². The van der Waals surface area contributed by atoms with Crippen LogP contribution in [0.3, 0.4) is 0 Å². The third kappa shape index (κ3) is 5.02. The Balaban J connectivity index is 1.23. The largest absolute Gasteiger partial charge is 0.492 e. The molecule has 1 aliphatic carbocycles. The van der Waals surface area contributed by atoms with Gasteiger partial charge in [0, 0.05) is 24.6 Å². The average Bonchev–Trinajstić information content (AvgIpc) is 3.73. The normalized spacial score (nSPS) is 18.7. The summed E-state index contributed by atoms with van der Waals surface area (Å²) in [6.45, 7) is 5.07. The Hall–Kier alpha value is -3.18. The van der Waals surface area contributed by atoms with Gasteiger partial charge >= 0.3 is 0 Å². The molecule has 190 valence electrons. The summed E-state index contributed by atoms with van der Waals surface area (Å²) in [5.74, 6) is 1.06. The van der Waals surface area contributed by atoms with Gasteiger partial charge in [-0.25, -0.2) is 0 Å². The van der Waals surface area contributed by atoms with Crippen LogP contribution < -0.4 is 9.64 Å². The fourth-order valence-electron chi connectivity index (χ4n) is 4.85. The smallest absolute Gasteiger partial charge is 0.178 e. The van der Waals surface area contributed by atoms with Gasteiger partial charge in [-0.3, -0.25) is 9.88 Å². The number of halogens is 1. The van der Waals surface area contributed by atoms with Crippen molar-refractivity contribution in [3.8, 4) is 22.9 Å². The lowest BCUT2D eigenvalue weighted by atomic mass is 10.0. The Bertz CT molecular complexity index is 1350. The highest BCUT2D eigenvalue weighted by Crippen LogP contribution is 2.44. The van der Waals surface area contributed by atoms with Gasteiger partial charge in [-0.2, -0.15) is 5.26 Å². The van der Waals surface area contributed by atoms with E-state index in [2.05, 4.69) is 16.0 Å². The zero-order valence-corrected chi connectivity index (χ0v) is 22.5. The lowest BCUT2D eigenvalue weighted by Crippen LogP contribution is -2.47. The second kappa shape index (κ2) is 10.3. The highest BCUT2D eigenvalue weighted by molar-refractivity contribution is 7.80. The molecule has 8 heteroatoms. The van der Waals surface area contributed by atoms with Crippen LogP contribution in [0.2, 0.25) is 5.02 Å². The maximum atomic E-state index is 11.3. The maximum Gasteiger partial charge on any atom is 0.178 e. The average molecular weight is 533 g/mol. The first-order valence-corrected chi connectivity index (χ1v) is 13.3. The standard InChI is InChI=1S/C29H29ClN4O2S/c1-29(2)27(35)34(23-8-6-22(18-31)24(17-23)20-4-5-20)28(37)33(29)14-3-15-36-26-9-7-21(16-25(26)30)19-10-12-32-13-11-19/h6-13,16-17,20,27,35H,3-5,14-15H2,1-2H3. The Morgan fingerprint density at radius 1 is 1.14 bits per heavy atom. The highest BCUT2D eigenvalue weighted by atomic mass is 35.5. The predicted octanol–water partition coefficient (Wildman–Crippen LogP) is 6.12. The van der Waals surface area contributed by atoms with Gasteiger partial charge in [-0.15, -0.1) is 0 Å². The number of aromatic nitrogens is 1. The number of nitrogens with zero attached hydrogens (tertiary/aromatic N) is 4. The van der Waals surface area contributed by atoms with Crippen molar-refractivity contribution < 1.29 is 9.84 Å². The third-order valence-electron chi connectivity index (χ3n) is 7.19. The Morgan fingerprint density at radius 3 is 2.57 bits per heavy atom. The molecular formula is C29H29ClN4O2S. The van der Waals surface area contributed by atoms with Gasteiger partial charge in [0.1, 0.15) is 5.75 Å². The monoisotopic (exact) mass is 532 g/mol. The minimum atomic E-state index is -0.809. The lowest BCUT2D eigenvalue weighted by molar-refractivity contribution is 0.0631. The number of thiocarbonyl (C=S) groups is 1. The molecule has 0 amide bonds. The van der Waals surface area contributed by atoms with E-state index in [0.29, 0.717) is 46.9 Å². The fraction of sp³-hybridized carbons (Fsp3) is 0.345. The second-order valence-electron chi connectivity index (χ2n) is 10.1. The molecule has 1 atom stereocenters. The summed E-state index contributed by atoms with van der Waals surface area (Å²) >= 11 is 12.3. The number of benzene rings is 2. The number of ether oxygens (including phenoxy) is 1. The van der Waals surface area contributed by atoms with E-state index >= 15 is 0 Å². The van der Waals surface area contributed by atoms with E-state index in [1.54, 1.807) is 17.3 Å². The van der Waals surface area contributed by atoms with E-state index in [9.17, 15) is 10.4 Å². The van der Waals surface area contributed by atoms with Crippen LogP contribution >= 0.6 is 23.8 Å². The number of hydrogen-bond acceptors (Lipinski definition) is 5. The van der Waals surface area contributed by atoms with Gasteiger partial charge in [0.25, 0.3) is 0 Å². The second-order valence-corrected chi connectivity index (χ2v) is 10.8. The summed E-state index contributed by atoms with van der Waals surface area (Å²) in [5.41, 5.74) is 4.03. The number of aliphatic hydroxyl groups excluding tert-OH is 1. The van der Waals surface area contributed by atoms with Crippen molar-refractivity contribution in [1.29, 1.82) is 5.26 Å². The number of aliphatic hydroxyl groups is 1. The first-order chi connectivity index (χ1) is 17.8. The van der Waals surface area contributed by atoms with Crippen molar-refractivity contribution in [2.45, 2.75) is 50.8 Å². The molecule has 0 spiro atoms. The van der Waals surface area contributed by atoms with Gasteiger partial charge in [0.2, 0.25) is 0 Å². The molecule has 37 heavy (non-hydrogen) atoms. The van der Waals surface area contributed by atoms with E-state index in [1.165, 1.54) is 0 Å². The number of hydrogen-bond donors (Lipinski definition) is 1. The minimum absolute atomic E-state index is 0.426. The molecule has 2 aromatic carbocycles. The van der Waals surface area contributed by atoms with Crippen molar-refractivity contribution in [2.75, 3.05) is 18.1 Å². The van der Waals surface area contributed by atoms with E-state index in [-0.39, 0.29) is 0 Å². The zero-order valence-electron chi connectivity index (χ0n) is 20.9. The quantitative estimate of drug-likeness (QED) is 0.276. The van der Waals surface area contributed by atoms with Crippen molar-refractivity contribution in [3.05, 3.63) is 77.1 Å². The van der Waals surface area contributed by atoms with E-state index in [4.69, 9.17) is 28.6 Å². The first-order valence-electron chi connectivity index (χ1n) is 12.5. The molecular weight excluding hydrogens is 504 g/mol. The van der Waals surface area contributed by atoms with E-state index in [1.807, 2.05) is 62.4 Å². The van der Waals surface area contributed by atoms with Gasteiger partial charge in [0.05, 0.1) is 28.8 Å². The van der Waals surface area contributed by atoms with Crippen LogP contribution in [-0.2, 0) is 0 Å². The molecule has 5 rings (SSSR count). The third-order valence-corrected chi connectivity index (χ3v) is 7.90. The summed E-state index contributed by atoms with van der Waals surface area (Å²) in [4.78, 5) is 7.91. The Labute approximate surface area is 228 Å². The van der Waals surface area contributed by atoms with Crippen LogP contribution in [-0.4, -0.2) is 45.0 Å². The molecule has 1 aromatic heterocycles. The number of anilines is 1. The van der Waals surface area contributed by atoms with Gasteiger partial charge in [0.15, 0.2) is 11.3 Å². The van der Waals surface area contributed by atoms with Crippen molar-refractivity contribution in [3.63, 3.8) is 0 Å². The summed E-state index contributed by atoms with van der Waals surface area (Å²) < 4.78 is 5.98. The molecule has 1 N–H and O–H groups in total. The van der Waals surface area contributed by atoms with Crippen LogP contribution in [0.15, 0.2) is 60.9 Å². The highest BCUT2D eigenvalue weighted by Gasteiger charge is 2.49. The number of pyridine rings is 1. The molecule has 1 aliphatic heterocycles. The van der Waals surface area contributed by atoms with Crippen molar-refractivity contribution >= 4 is 34.6 Å². The van der Waals surface area contributed by atoms with Crippen LogP contribution in [0, 0.1) is 11.3 Å². The van der Waals surface area contributed by atoms with Crippen LogP contribution in [0.25, 0.3) is 11.1 Å². The molecule has 0 bridgehead atoms. The van der Waals surface area contributed by atoms with Gasteiger partial charge in [-0.1, -0.05) is 17.7 Å². The molecule has 6 nitrogen and oxygen atoms in total. The first kappa shape index (κ1) is 25.5. The number of nitriles is 1. The molecule has 2 fully saturated rings. The van der Waals surface area contributed by atoms with Gasteiger partial charge in [-0.05, 0) is 110 Å². The lowest BCUT2D eigenvalue weighted by Gasteiger charge is -2.33. The topological polar surface area (TPSA) is 72.6 Å². The zero-order chi connectivity index (χ0) is 26.2. The van der Waals surface area contributed by atoms with Crippen LogP contribution in [0.5, 0.6) is 5.75 Å². The molecule has 2 heterocycles. The number of rotatable bonds is 8. The van der Waals surface area contributed by atoms with Crippen LogP contribution in [0.4, 0.5) is 5.69 Å². The molecule has 2 aliphatic rings. The summed E-state index contributed by atoms with van der Waals surface area (Å²) in [7, 11) is 0. The molecule has 3 aromatic rings. The molecule has 1 saturated heterocycles. The predicted molar refractivity (Wildman–Crippen MR) is 150 cm³/mol. The summed E-state index contributed by atoms with van der Waals surface area (Å²) in [6, 6.07) is 17.7. The summed E-state index contributed by atoms with van der Waals surface area (Å²) in [6.07, 6.45) is 5.59. The Morgan fingerprint density at radius 2 is 1.89 bits per heavy atom.